The van der Waals surface area contributed by atoms with Gasteiger partial charge in [-0.25, -0.2) is 0 Å². The summed E-state index contributed by atoms with van der Waals surface area (Å²) in [7, 11) is -0.634. The minimum atomic E-state index is -0.634. The molecule has 0 spiro atoms. The molecule has 0 bridgehead atoms. The van der Waals surface area contributed by atoms with E-state index in [2.05, 4.69) is 5.32 Å². The Morgan fingerprint density at radius 3 is 2.65 bits per heavy atom. The highest BCUT2D eigenvalue weighted by atomic mass is 16.5. The van der Waals surface area contributed by atoms with Crippen molar-refractivity contribution < 1.29 is 19.3 Å². The van der Waals surface area contributed by atoms with Gasteiger partial charge in [0.1, 0.15) is 0 Å². The lowest BCUT2D eigenvalue weighted by molar-refractivity contribution is -0.148. The van der Waals surface area contributed by atoms with Crippen molar-refractivity contribution in [3.05, 3.63) is 0 Å². The zero-order valence-electron chi connectivity index (χ0n) is 10.5. The van der Waals surface area contributed by atoms with Gasteiger partial charge in [0.15, 0.2) is 0 Å². The second-order valence-corrected chi connectivity index (χ2v) is 4.25. The molecular formula is C10H19BN2O4. The largest absolute Gasteiger partial charge is 0.466 e. The average molecular weight is 242 g/mol. The quantitative estimate of drug-likeness (QED) is 0.493. The summed E-state index contributed by atoms with van der Waals surface area (Å²) in [6, 6.07) is -0.291. The molecule has 0 aromatic rings. The molecule has 1 aliphatic heterocycles. The van der Waals surface area contributed by atoms with Crippen molar-refractivity contribution in [3.8, 4) is 0 Å². The van der Waals surface area contributed by atoms with Gasteiger partial charge < -0.3 is 19.9 Å². The van der Waals surface area contributed by atoms with Crippen LogP contribution in [-0.2, 0) is 14.3 Å². The van der Waals surface area contributed by atoms with Crippen molar-refractivity contribution in [2.75, 3.05) is 19.7 Å². The van der Waals surface area contributed by atoms with Gasteiger partial charge in [0, 0.05) is 20.0 Å². The van der Waals surface area contributed by atoms with Gasteiger partial charge >= 0.3 is 13.0 Å². The molecule has 0 saturated carbocycles. The van der Waals surface area contributed by atoms with E-state index in [9.17, 15) is 14.6 Å². The lowest BCUT2D eigenvalue weighted by Crippen LogP contribution is -2.43. The summed E-state index contributed by atoms with van der Waals surface area (Å²) in [5, 5.41) is 12.2. The molecule has 0 unspecified atom stereocenters. The average Bonchev–Trinajstić information content (AvgIpc) is 2.61. The Labute approximate surface area is 101 Å². The molecule has 6 nitrogen and oxygen atoms in total. The van der Waals surface area contributed by atoms with E-state index >= 15 is 0 Å². The number of hydrogen-bond donors (Lipinski definition) is 2. The van der Waals surface area contributed by atoms with Crippen molar-refractivity contribution in [1.29, 1.82) is 0 Å². The van der Waals surface area contributed by atoms with Crippen molar-refractivity contribution in [2.24, 2.45) is 5.92 Å². The predicted octanol–water partition coefficient (Wildman–Crippen LogP) is -0.904. The van der Waals surface area contributed by atoms with Gasteiger partial charge in [0.2, 0.25) is 5.91 Å². The molecule has 1 rings (SSSR count). The van der Waals surface area contributed by atoms with Crippen LogP contribution >= 0.6 is 0 Å². The number of hydrogen-bond acceptors (Lipinski definition) is 5. The zero-order chi connectivity index (χ0) is 13.0. The maximum atomic E-state index is 11.7. The van der Waals surface area contributed by atoms with Crippen LogP contribution < -0.4 is 5.32 Å². The van der Waals surface area contributed by atoms with E-state index in [0.717, 1.165) is 0 Å². The SMILES string of the molecule is CCOC(=O)[C@H]1CN(B(C)O)C[C@H]1NC(C)=O. The molecule has 0 aliphatic carbocycles. The second-order valence-electron chi connectivity index (χ2n) is 4.25. The normalized spacial score (nSPS) is 24.5. The minimum Gasteiger partial charge on any atom is -0.466 e. The Balaban J connectivity index is 2.69. The van der Waals surface area contributed by atoms with Crippen molar-refractivity contribution >= 4 is 18.9 Å². The smallest absolute Gasteiger partial charge is 0.376 e. The van der Waals surface area contributed by atoms with Crippen molar-refractivity contribution in [2.45, 2.75) is 26.7 Å². The summed E-state index contributed by atoms with van der Waals surface area (Å²) >= 11 is 0. The van der Waals surface area contributed by atoms with Crippen LogP contribution in [0.1, 0.15) is 13.8 Å². The molecule has 17 heavy (non-hydrogen) atoms. The number of nitrogens with zero attached hydrogens (tertiary/aromatic N) is 1. The lowest BCUT2D eigenvalue weighted by Gasteiger charge is -2.17. The van der Waals surface area contributed by atoms with E-state index in [-0.39, 0.29) is 17.9 Å². The first-order valence-corrected chi connectivity index (χ1v) is 5.81. The third-order valence-corrected chi connectivity index (χ3v) is 2.85. The molecular weight excluding hydrogens is 223 g/mol. The molecule has 2 N–H and O–H groups in total. The number of ether oxygens (including phenoxy) is 1. The summed E-state index contributed by atoms with van der Waals surface area (Å²) in [5.74, 6) is -0.917. The maximum absolute atomic E-state index is 11.7. The fraction of sp³-hybridized carbons (Fsp3) is 0.800. The molecule has 1 amide bonds. The third-order valence-electron chi connectivity index (χ3n) is 2.85. The van der Waals surface area contributed by atoms with E-state index < -0.39 is 13.0 Å². The lowest BCUT2D eigenvalue weighted by atomic mass is 9.86. The Morgan fingerprint density at radius 2 is 2.18 bits per heavy atom. The summed E-state index contributed by atoms with van der Waals surface area (Å²) in [4.78, 5) is 24.5. The molecule has 1 heterocycles. The second kappa shape index (κ2) is 6.02. The van der Waals surface area contributed by atoms with Gasteiger partial charge in [-0.2, -0.15) is 0 Å². The first kappa shape index (κ1) is 14.0. The van der Waals surface area contributed by atoms with Gasteiger partial charge in [0.25, 0.3) is 0 Å². The van der Waals surface area contributed by atoms with Crippen LogP contribution in [0.25, 0.3) is 0 Å². The highest BCUT2D eigenvalue weighted by Crippen LogP contribution is 2.19. The van der Waals surface area contributed by atoms with E-state index in [1.54, 1.807) is 18.6 Å². The van der Waals surface area contributed by atoms with Crippen LogP contribution in [0.3, 0.4) is 0 Å². The number of rotatable bonds is 4. The number of carbonyl (C=O) groups excluding carboxylic acids is 2. The molecule has 1 saturated heterocycles. The Morgan fingerprint density at radius 1 is 1.53 bits per heavy atom. The molecule has 7 heteroatoms. The Hall–Kier alpha value is -1.08. The summed E-state index contributed by atoms with van der Waals surface area (Å²) in [5.41, 5.74) is 0. The molecule has 96 valence electrons. The van der Waals surface area contributed by atoms with E-state index in [0.29, 0.717) is 19.7 Å². The molecule has 0 aromatic heterocycles. The predicted molar refractivity (Wildman–Crippen MR) is 63.1 cm³/mol. The Kier molecular flexibility index (Phi) is 4.95. The fourth-order valence-corrected chi connectivity index (χ4v) is 2.03. The third kappa shape index (κ3) is 3.71. The maximum Gasteiger partial charge on any atom is 0.376 e. The summed E-state index contributed by atoms with van der Waals surface area (Å²) in [6.07, 6.45) is 0. The first-order chi connectivity index (χ1) is 7.95. The van der Waals surface area contributed by atoms with Gasteiger partial charge in [-0.1, -0.05) is 0 Å². The topological polar surface area (TPSA) is 78.9 Å². The van der Waals surface area contributed by atoms with Crippen molar-refractivity contribution in [1.82, 2.24) is 10.1 Å². The monoisotopic (exact) mass is 242 g/mol. The van der Waals surface area contributed by atoms with Crippen LogP contribution in [0, 0.1) is 5.92 Å². The molecule has 1 aliphatic rings. The summed E-state index contributed by atoms with van der Waals surface area (Å²) < 4.78 is 4.97. The van der Waals surface area contributed by atoms with E-state index in [1.807, 2.05) is 0 Å². The van der Waals surface area contributed by atoms with Gasteiger partial charge in [-0.15, -0.1) is 0 Å². The molecule has 1 fully saturated rings. The van der Waals surface area contributed by atoms with Crippen LogP contribution in [0.15, 0.2) is 0 Å². The highest BCUT2D eigenvalue weighted by Gasteiger charge is 2.41. The van der Waals surface area contributed by atoms with E-state index in [4.69, 9.17) is 4.74 Å². The Bertz CT molecular complexity index is 298. The van der Waals surface area contributed by atoms with Crippen LogP contribution in [-0.4, -0.2) is 54.5 Å². The number of amides is 1. The highest BCUT2D eigenvalue weighted by molar-refractivity contribution is 6.45. The first-order valence-electron chi connectivity index (χ1n) is 5.81. The number of carbonyl (C=O) groups is 2. The number of nitrogens with one attached hydrogen (secondary N) is 1. The van der Waals surface area contributed by atoms with Gasteiger partial charge in [-0.3, -0.25) is 9.59 Å². The van der Waals surface area contributed by atoms with Crippen LogP contribution in [0.5, 0.6) is 0 Å². The molecule has 2 atom stereocenters. The standard InChI is InChI=1S/C10H19BN2O4/c1-4-17-10(15)8-5-13(11(3)16)6-9(8)12-7(2)14/h8-9,16H,4-6H2,1-3H3,(H,12,14)/t8-,9+/m0/s1. The van der Waals surface area contributed by atoms with Crippen LogP contribution in [0.4, 0.5) is 0 Å². The van der Waals surface area contributed by atoms with Gasteiger partial charge in [0.05, 0.1) is 18.6 Å². The zero-order valence-corrected chi connectivity index (χ0v) is 10.5. The summed E-state index contributed by atoms with van der Waals surface area (Å²) in [6.45, 7) is 5.97. The minimum absolute atomic E-state index is 0.184. The molecule has 0 radical (unpaired) electrons. The van der Waals surface area contributed by atoms with Crippen molar-refractivity contribution in [3.63, 3.8) is 0 Å². The fourth-order valence-electron chi connectivity index (χ4n) is 2.03. The van der Waals surface area contributed by atoms with E-state index in [1.165, 1.54) is 6.92 Å². The van der Waals surface area contributed by atoms with Crippen LogP contribution in [0.2, 0.25) is 6.82 Å². The van der Waals surface area contributed by atoms with Gasteiger partial charge in [-0.05, 0) is 13.7 Å². The number of esters is 1. The molecule has 0 aromatic carbocycles.